The number of hydrogen-bond acceptors (Lipinski definition) is 4. The molecule has 1 amide bonds. The van der Waals surface area contributed by atoms with Crippen LogP contribution in [0.25, 0.3) is 16.8 Å². The number of alkyl halides is 3. The fourth-order valence-corrected chi connectivity index (χ4v) is 4.66. The van der Waals surface area contributed by atoms with Crippen molar-refractivity contribution in [3.8, 4) is 11.1 Å². The summed E-state index contributed by atoms with van der Waals surface area (Å²) in [5.41, 5.74) is -2.51. The minimum atomic E-state index is -4.81. The number of rotatable bonds is 4. The second-order valence-corrected chi connectivity index (χ2v) is 8.70. The van der Waals surface area contributed by atoms with Gasteiger partial charge in [-0.2, -0.15) is 27.9 Å². The fourth-order valence-electron chi connectivity index (χ4n) is 4.66. The number of fused-ring (bicyclic) bond motifs is 1. The molecule has 2 N–H and O–H groups in total. The van der Waals surface area contributed by atoms with Gasteiger partial charge in [0.05, 0.1) is 11.6 Å². The van der Waals surface area contributed by atoms with Gasteiger partial charge in [0.15, 0.2) is 11.5 Å². The van der Waals surface area contributed by atoms with Crippen LogP contribution in [-0.2, 0) is 6.18 Å². The predicted molar refractivity (Wildman–Crippen MR) is 123 cm³/mol. The van der Waals surface area contributed by atoms with Crippen LogP contribution in [0.3, 0.4) is 0 Å². The van der Waals surface area contributed by atoms with E-state index in [0.717, 1.165) is 25.7 Å². The lowest BCUT2D eigenvalue weighted by Crippen LogP contribution is -2.29. The van der Waals surface area contributed by atoms with E-state index in [1.165, 1.54) is 25.5 Å². The monoisotopic (exact) mass is 484 g/mol. The first kappa shape index (κ1) is 22.9. The molecule has 3 heterocycles. The average molecular weight is 484 g/mol. The zero-order valence-corrected chi connectivity index (χ0v) is 18.9. The van der Waals surface area contributed by atoms with Crippen LogP contribution in [0, 0.1) is 6.92 Å². The van der Waals surface area contributed by atoms with Crippen molar-refractivity contribution in [3.05, 3.63) is 69.9 Å². The Bertz CT molecular complexity index is 1450. The number of amides is 1. The molecule has 5 rings (SSSR count). The molecule has 182 valence electrons. The van der Waals surface area contributed by atoms with E-state index in [0.29, 0.717) is 4.52 Å². The van der Waals surface area contributed by atoms with Crippen LogP contribution in [0.2, 0.25) is 0 Å². The zero-order chi connectivity index (χ0) is 24.7. The zero-order valence-electron chi connectivity index (χ0n) is 18.9. The number of carbonyl (C=O) groups excluding carboxylic acids is 1. The Morgan fingerprint density at radius 1 is 1.09 bits per heavy atom. The number of carbonyl (C=O) groups is 1. The first-order chi connectivity index (χ1) is 16.7. The molecule has 35 heavy (non-hydrogen) atoms. The van der Waals surface area contributed by atoms with Crippen molar-refractivity contribution >= 4 is 17.4 Å². The van der Waals surface area contributed by atoms with Gasteiger partial charge in [0.2, 0.25) is 0 Å². The number of hydrogen-bond donors (Lipinski definition) is 2. The number of H-pyrrole nitrogens is 1. The second kappa shape index (κ2) is 8.71. The Morgan fingerprint density at radius 2 is 1.80 bits per heavy atom. The van der Waals surface area contributed by atoms with Gasteiger partial charge in [-0.25, -0.2) is 0 Å². The molecule has 0 radical (unpaired) electrons. The molecule has 1 fully saturated rings. The van der Waals surface area contributed by atoms with Crippen molar-refractivity contribution in [2.75, 3.05) is 5.32 Å². The third-order valence-electron chi connectivity index (χ3n) is 6.33. The van der Waals surface area contributed by atoms with Crippen LogP contribution < -0.4 is 10.9 Å². The Hall–Kier alpha value is -3.89. The van der Waals surface area contributed by atoms with Crippen LogP contribution in [0.1, 0.15) is 59.9 Å². The summed E-state index contributed by atoms with van der Waals surface area (Å²) in [5.74, 6) is -0.509. The van der Waals surface area contributed by atoms with Gasteiger partial charge in [0, 0.05) is 18.0 Å². The summed E-state index contributed by atoms with van der Waals surface area (Å²) in [6.07, 6.45) is 2.43. The van der Waals surface area contributed by atoms with E-state index in [2.05, 4.69) is 20.5 Å². The number of nitrogens with one attached hydrogen (secondary N) is 2. The maximum Gasteiger partial charge on any atom is 0.435 e. The SMILES string of the molecule is Cc1[nH]c2c(-c3ccccc3)c(C(F)(F)F)nn2c(=O)c1C(=O)Nc1ccn(C2CCCCC2)n1. The molecule has 0 bridgehead atoms. The maximum absolute atomic E-state index is 13.8. The largest absolute Gasteiger partial charge is 0.435 e. The van der Waals surface area contributed by atoms with E-state index in [-0.39, 0.29) is 39.9 Å². The molecule has 3 aromatic heterocycles. The van der Waals surface area contributed by atoms with Gasteiger partial charge < -0.3 is 10.3 Å². The molecule has 1 saturated carbocycles. The molecule has 11 heteroatoms. The van der Waals surface area contributed by atoms with Crippen molar-refractivity contribution in [1.29, 1.82) is 0 Å². The summed E-state index contributed by atoms with van der Waals surface area (Å²) in [6, 6.07) is 9.77. The summed E-state index contributed by atoms with van der Waals surface area (Å²) >= 11 is 0. The molecule has 4 aromatic rings. The number of nitrogens with zero attached hydrogens (tertiary/aromatic N) is 4. The summed E-state index contributed by atoms with van der Waals surface area (Å²) in [7, 11) is 0. The molecular formula is C24H23F3N6O2. The predicted octanol–water partition coefficient (Wildman–Crippen LogP) is 4.97. The highest BCUT2D eigenvalue weighted by atomic mass is 19.4. The second-order valence-electron chi connectivity index (χ2n) is 8.70. The Morgan fingerprint density at radius 3 is 2.49 bits per heavy atom. The van der Waals surface area contributed by atoms with Gasteiger partial charge in [-0.1, -0.05) is 49.6 Å². The van der Waals surface area contributed by atoms with E-state index < -0.39 is 23.3 Å². The van der Waals surface area contributed by atoms with E-state index in [1.807, 2.05) is 4.68 Å². The highest BCUT2D eigenvalue weighted by Gasteiger charge is 2.39. The maximum atomic E-state index is 13.8. The van der Waals surface area contributed by atoms with Crippen LogP contribution in [0.15, 0.2) is 47.4 Å². The molecule has 0 spiro atoms. The minimum Gasteiger partial charge on any atom is -0.342 e. The standard InChI is InChI=1S/C24H23F3N6O2/c1-14-18(22(34)29-17-12-13-32(30-17)16-10-6-3-7-11-16)23(35)33-21(28-14)19(15-8-4-2-5-9-15)20(31-33)24(25,26)27/h2,4-5,8-9,12-13,16,28H,3,6-7,10-11H2,1H3,(H,29,30,34). The third-order valence-corrected chi connectivity index (χ3v) is 6.33. The van der Waals surface area contributed by atoms with Crippen LogP contribution in [0.4, 0.5) is 19.0 Å². The molecule has 0 aliphatic heterocycles. The first-order valence-electron chi connectivity index (χ1n) is 11.4. The van der Waals surface area contributed by atoms with E-state index in [9.17, 15) is 22.8 Å². The molecule has 0 unspecified atom stereocenters. The molecule has 1 aromatic carbocycles. The Labute approximate surface area is 197 Å². The summed E-state index contributed by atoms with van der Waals surface area (Å²) in [6.45, 7) is 1.46. The number of aromatic amines is 1. The quantitative estimate of drug-likeness (QED) is 0.427. The highest BCUT2D eigenvalue weighted by molar-refractivity contribution is 6.04. The van der Waals surface area contributed by atoms with Gasteiger partial charge in [-0.3, -0.25) is 14.3 Å². The summed E-state index contributed by atoms with van der Waals surface area (Å²) in [5, 5.41) is 10.6. The molecule has 1 aliphatic carbocycles. The third kappa shape index (κ3) is 4.22. The summed E-state index contributed by atoms with van der Waals surface area (Å²) in [4.78, 5) is 29.0. The van der Waals surface area contributed by atoms with E-state index in [1.54, 1.807) is 30.5 Å². The minimum absolute atomic E-state index is 0.123. The van der Waals surface area contributed by atoms with Crippen molar-refractivity contribution < 1.29 is 18.0 Å². The summed E-state index contributed by atoms with van der Waals surface area (Å²) < 4.78 is 43.9. The lowest BCUT2D eigenvalue weighted by atomic mass is 9.96. The molecule has 0 atom stereocenters. The van der Waals surface area contributed by atoms with Gasteiger partial charge in [0.25, 0.3) is 11.5 Å². The normalized spacial score (nSPS) is 15.0. The first-order valence-corrected chi connectivity index (χ1v) is 11.4. The van der Waals surface area contributed by atoms with Crippen molar-refractivity contribution in [3.63, 3.8) is 0 Å². The molecule has 8 nitrogen and oxygen atoms in total. The lowest BCUT2D eigenvalue weighted by Gasteiger charge is -2.21. The molecular weight excluding hydrogens is 461 g/mol. The highest BCUT2D eigenvalue weighted by Crippen LogP contribution is 2.38. The lowest BCUT2D eigenvalue weighted by molar-refractivity contribution is -0.140. The molecule has 0 saturated heterocycles. The number of aromatic nitrogens is 5. The van der Waals surface area contributed by atoms with Crippen molar-refractivity contribution in [1.82, 2.24) is 24.4 Å². The molecule has 1 aliphatic rings. The van der Waals surface area contributed by atoms with E-state index >= 15 is 0 Å². The number of anilines is 1. The number of halogens is 3. The Balaban J connectivity index is 1.54. The van der Waals surface area contributed by atoms with Gasteiger partial charge in [-0.15, -0.1) is 0 Å². The Kier molecular flexibility index (Phi) is 5.70. The van der Waals surface area contributed by atoms with Crippen molar-refractivity contribution in [2.24, 2.45) is 0 Å². The number of benzene rings is 1. The van der Waals surface area contributed by atoms with E-state index in [4.69, 9.17) is 0 Å². The average Bonchev–Trinajstić information content (AvgIpc) is 3.45. The van der Waals surface area contributed by atoms with Crippen LogP contribution in [0.5, 0.6) is 0 Å². The van der Waals surface area contributed by atoms with Gasteiger partial charge in [-0.05, 0) is 25.3 Å². The number of aryl methyl sites for hydroxylation is 1. The smallest absolute Gasteiger partial charge is 0.342 e. The van der Waals surface area contributed by atoms with Crippen molar-refractivity contribution in [2.45, 2.75) is 51.2 Å². The van der Waals surface area contributed by atoms with Crippen LogP contribution >= 0.6 is 0 Å². The fraction of sp³-hybridized carbons (Fsp3) is 0.333. The van der Waals surface area contributed by atoms with Gasteiger partial charge >= 0.3 is 6.18 Å². The van der Waals surface area contributed by atoms with Gasteiger partial charge in [0.1, 0.15) is 11.2 Å². The van der Waals surface area contributed by atoms with Crippen LogP contribution in [-0.4, -0.2) is 30.3 Å². The topological polar surface area (TPSA) is 97.1 Å².